The fourth-order valence-electron chi connectivity index (χ4n) is 3.38. The Morgan fingerprint density at radius 2 is 1.76 bits per heavy atom. The zero-order chi connectivity index (χ0) is 17.8. The van der Waals surface area contributed by atoms with Gasteiger partial charge in [0.15, 0.2) is 0 Å². The molecule has 0 radical (unpaired) electrons. The van der Waals surface area contributed by atoms with Gasteiger partial charge in [-0.2, -0.15) is 5.26 Å². The molecule has 1 aromatic heterocycles. The summed E-state index contributed by atoms with van der Waals surface area (Å²) >= 11 is 0. The molecule has 2 aromatic rings. The van der Waals surface area contributed by atoms with Crippen LogP contribution in [-0.2, 0) is 6.54 Å². The Morgan fingerprint density at radius 3 is 2.36 bits per heavy atom. The lowest BCUT2D eigenvalue weighted by atomic mass is 10.2. The molecule has 1 aromatic carbocycles. The van der Waals surface area contributed by atoms with Crippen molar-refractivity contribution in [3.63, 3.8) is 0 Å². The lowest BCUT2D eigenvalue weighted by Crippen LogP contribution is -2.47. The molecule has 6 heteroatoms. The summed E-state index contributed by atoms with van der Waals surface area (Å²) in [6.45, 7) is 6.27. The largest absolute Gasteiger partial charge is 0.396 e. The van der Waals surface area contributed by atoms with Gasteiger partial charge in [-0.15, -0.1) is 0 Å². The topological polar surface area (TPSA) is 61.2 Å². The van der Waals surface area contributed by atoms with E-state index in [9.17, 15) is 9.65 Å². The molecule has 1 aliphatic rings. The van der Waals surface area contributed by atoms with Crippen LogP contribution < -0.4 is 15.5 Å². The summed E-state index contributed by atoms with van der Waals surface area (Å²) in [4.78, 5) is 4.50. The van der Waals surface area contributed by atoms with Gasteiger partial charge in [-0.1, -0.05) is 13.3 Å². The van der Waals surface area contributed by atoms with E-state index in [2.05, 4.69) is 22.8 Å². The molecule has 0 spiro atoms. The molecule has 1 aliphatic heterocycles. The molecule has 0 bridgehead atoms. The van der Waals surface area contributed by atoms with E-state index in [-0.39, 0.29) is 5.82 Å². The van der Waals surface area contributed by atoms with Crippen molar-refractivity contribution in [1.29, 1.82) is 5.26 Å². The summed E-state index contributed by atoms with van der Waals surface area (Å²) in [6.07, 6.45) is 2.09. The Hall–Kier alpha value is -2.68. The van der Waals surface area contributed by atoms with Gasteiger partial charge in [0.25, 0.3) is 0 Å². The summed E-state index contributed by atoms with van der Waals surface area (Å²) in [5, 5.41) is 9.38. The maximum absolute atomic E-state index is 13.1. The minimum Gasteiger partial charge on any atom is -0.396 e. The molecule has 25 heavy (non-hydrogen) atoms. The third kappa shape index (κ3) is 3.55. The van der Waals surface area contributed by atoms with Crippen LogP contribution in [0.5, 0.6) is 0 Å². The number of nitriles is 1. The predicted molar refractivity (Wildman–Crippen MR) is 99.3 cm³/mol. The zero-order valence-corrected chi connectivity index (χ0v) is 14.6. The van der Waals surface area contributed by atoms with E-state index in [0.717, 1.165) is 57.1 Å². The normalized spacial score (nSPS) is 14.6. The van der Waals surface area contributed by atoms with Crippen molar-refractivity contribution in [1.82, 2.24) is 4.57 Å². The van der Waals surface area contributed by atoms with Crippen molar-refractivity contribution in [2.75, 3.05) is 41.7 Å². The van der Waals surface area contributed by atoms with E-state index in [1.54, 1.807) is 6.07 Å². The molecule has 0 aliphatic carbocycles. The first-order chi connectivity index (χ1) is 12.1. The van der Waals surface area contributed by atoms with Crippen molar-refractivity contribution in [2.24, 2.45) is 0 Å². The third-order valence-corrected chi connectivity index (χ3v) is 4.72. The smallest absolute Gasteiger partial charge is 0.133 e. The zero-order valence-electron chi connectivity index (χ0n) is 14.6. The van der Waals surface area contributed by atoms with Crippen LogP contribution in [0.15, 0.2) is 30.3 Å². The summed E-state index contributed by atoms with van der Waals surface area (Å²) in [5.41, 5.74) is 8.55. The molecule has 1 fully saturated rings. The summed E-state index contributed by atoms with van der Waals surface area (Å²) in [7, 11) is 0. The number of anilines is 3. The third-order valence-electron chi connectivity index (χ3n) is 4.72. The Bertz CT molecular complexity index is 751. The van der Waals surface area contributed by atoms with Gasteiger partial charge in [0.05, 0.1) is 5.69 Å². The highest BCUT2D eigenvalue weighted by Gasteiger charge is 2.23. The number of rotatable bonds is 5. The number of unbranched alkanes of at least 4 members (excludes halogenated alkanes) is 1. The molecule has 3 rings (SSSR count). The van der Waals surface area contributed by atoms with E-state index in [1.165, 1.54) is 12.1 Å². The van der Waals surface area contributed by atoms with Crippen LogP contribution in [0, 0.1) is 17.1 Å². The van der Waals surface area contributed by atoms with E-state index >= 15 is 0 Å². The van der Waals surface area contributed by atoms with Gasteiger partial charge in [-0.3, -0.25) is 0 Å². The molecule has 0 unspecified atom stereocenters. The number of nitrogen functional groups attached to an aromatic ring is 1. The minimum atomic E-state index is -0.215. The average molecular weight is 341 g/mol. The van der Waals surface area contributed by atoms with Crippen molar-refractivity contribution >= 4 is 17.2 Å². The average Bonchev–Trinajstić information content (AvgIpc) is 2.96. The number of benzene rings is 1. The molecule has 2 heterocycles. The van der Waals surface area contributed by atoms with E-state index in [0.29, 0.717) is 11.4 Å². The Labute approximate surface area is 148 Å². The number of hydrogen-bond acceptors (Lipinski definition) is 4. The number of nitrogens with two attached hydrogens (primary N) is 1. The quantitative estimate of drug-likeness (QED) is 0.907. The molecule has 1 saturated heterocycles. The maximum Gasteiger partial charge on any atom is 0.133 e. The number of nitrogens with zero attached hydrogens (tertiary/aromatic N) is 4. The Kier molecular flexibility index (Phi) is 5.13. The van der Waals surface area contributed by atoms with Gasteiger partial charge in [0, 0.05) is 38.4 Å². The molecule has 2 N–H and O–H groups in total. The first-order valence-corrected chi connectivity index (χ1v) is 8.78. The van der Waals surface area contributed by atoms with Gasteiger partial charge in [-0.05, 0) is 36.8 Å². The molecule has 0 amide bonds. The van der Waals surface area contributed by atoms with Crippen LogP contribution >= 0.6 is 0 Å². The number of hydrogen-bond donors (Lipinski definition) is 1. The lowest BCUT2D eigenvalue weighted by Gasteiger charge is -2.38. The molecular formula is C19H24FN5. The van der Waals surface area contributed by atoms with Crippen LogP contribution in [-0.4, -0.2) is 30.7 Å². The predicted octanol–water partition coefficient (Wildman–Crippen LogP) is 3.21. The van der Waals surface area contributed by atoms with E-state index < -0.39 is 0 Å². The summed E-state index contributed by atoms with van der Waals surface area (Å²) in [6, 6.07) is 10.7. The number of aromatic nitrogens is 1. The molecule has 132 valence electrons. The van der Waals surface area contributed by atoms with E-state index in [4.69, 9.17) is 5.73 Å². The van der Waals surface area contributed by atoms with Gasteiger partial charge in [0.1, 0.15) is 23.4 Å². The Balaban J connectivity index is 1.75. The van der Waals surface area contributed by atoms with Gasteiger partial charge in [0.2, 0.25) is 0 Å². The Morgan fingerprint density at radius 1 is 1.12 bits per heavy atom. The fourth-order valence-corrected chi connectivity index (χ4v) is 3.38. The highest BCUT2D eigenvalue weighted by atomic mass is 19.1. The highest BCUT2D eigenvalue weighted by Crippen LogP contribution is 2.30. The number of halogens is 1. The standard InChI is InChI=1S/C19H24FN5/c1-2-3-8-25-17(14-21)13-18(22)19(25)24-11-9-23(10-12-24)16-6-4-15(20)5-7-16/h4-7,13H,2-3,8-12,22H2,1H3. The summed E-state index contributed by atoms with van der Waals surface area (Å²) < 4.78 is 15.1. The molecular weight excluding hydrogens is 317 g/mol. The van der Waals surface area contributed by atoms with Crippen LogP contribution in [0.4, 0.5) is 21.6 Å². The van der Waals surface area contributed by atoms with E-state index in [1.807, 2.05) is 16.7 Å². The fraction of sp³-hybridized carbons (Fsp3) is 0.421. The molecule has 0 saturated carbocycles. The van der Waals surface area contributed by atoms with Gasteiger partial charge in [-0.25, -0.2) is 4.39 Å². The summed E-state index contributed by atoms with van der Waals surface area (Å²) in [5.74, 6) is 0.747. The maximum atomic E-state index is 13.1. The second-order valence-electron chi connectivity index (χ2n) is 6.38. The van der Waals surface area contributed by atoms with Crippen molar-refractivity contribution in [3.8, 4) is 6.07 Å². The first-order valence-electron chi connectivity index (χ1n) is 8.78. The monoisotopic (exact) mass is 341 g/mol. The van der Waals surface area contributed by atoms with Crippen molar-refractivity contribution in [3.05, 3.63) is 41.8 Å². The van der Waals surface area contributed by atoms with Crippen molar-refractivity contribution in [2.45, 2.75) is 26.3 Å². The van der Waals surface area contributed by atoms with Crippen molar-refractivity contribution < 1.29 is 4.39 Å². The second kappa shape index (κ2) is 7.47. The first kappa shape index (κ1) is 17.2. The van der Waals surface area contributed by atoms with Gasteiger partial charge < -0.3 is 20.1 Å². The number of piperazine rings is 1. The van der Waals surface area contributed by atoms with Crippen LogP contribution in [0.2, 0.25) is 0 Å². The SMILES string of the molecule is CCCCn1c(C#N)cc(N)c1N1CCN(c2ccc(F)cc2)CC1. The van der Waals surface area contributed by atoms with Gasteiger partial charge >= 0.3 is 0 Å². The highest BCUT2D eigenvalue weighted by molar-refractivity contribution is 5.68. The van der Waals surface area contributed by atoms with Crippen LogP contribution in [0.3, 0.4) is 0 Å². The second-order valence-corrected chi connectivity index (χ2v) is 6.38. The molecule has 0 atom stereocenters. The van der Waals surface area contributed by atoms with Crippen LogP contribution in [0.1, 0.15) is 25.5 Å². The minimum absolute atomic E-state index is 0.215. The molecule has 5 nitrogen and oxygen atoms in total. The lowest BCUT2D eigenvalue weighted by molar-refractivity contribution is 0.591. The van der Waals surface area contributed by atoms with Crippen LogP contribution in [0.25, 0.3) is 0 Å².